The first-order valence-corrected chi connectivity index (χ1v) is 9.40. The first-order valence-electron chi connectivity index (χ1n) is 8.08. The minimum absolute atomic E-state index is 0.138. The van der Waals surface area contributed by atoms with Gasteiger partial charge in [-0.3, -0.25) is 9.20 Å². The molecule has 0 bridgehead atoms. The van der Waals surface area contributed by atoms with Gasteiger partial charge in [0.1, 0.15) is 0 Å². The number of nitrogens with zero attached hydrogens (tertiary/aromatic N) is 2. The highest BCUT2D eigenvalue weighted by Gasteiger charge is 2.25. The molecule has 0 radical (unpaired) electrons. The maximum atomic E-state index is 12.0. The fourth-order valence-corrected chi connectivity index (χ4v) is 3.68. The predicted octanol–water partition coefficient (Wildman–Crippen LogP) is 2.48. The zero-order valence-corrected chi connectivity index (χ0v) is 15.4. The van der Waals surface area contributed by atoms with Crippen LogP contribution in [-0.4, -0.2) is 52.3 Å². The van der Waals surface area contributed by atoms with Gasteiger partial charge in [-0.15, -0.1) is 0 Å². The third-order valence-corrected chi connectivity index (χ3v) is 5.80. The first kappa shape index (κ1) is 18.5. The minimum atomic E-state index is -0.808. The molecule has 1 fully saturated rings. The molecule has 0 spiro atoms. The molecule has 1 N–H and O–H groups in total. The van der Waals surface area contributed by atoms with Gasteiger partial charge in [0, 0.05) is 48.0 Å². The van der Waals surface area contributed by atoms with E-state index in [1.165, 1.54) is 12.8 Å². The molecule has 1 saturated heterocycles. The smallest absolute Gasteiger partial charge is 0.193 e. The molecule has 2 atom stereocenters. The number of rotatable bonds is 5. The minimum Gasteiger partial charge on any atom is -0.355 e. The zero-order chi connectivity index (χ0) is 16.0. The Morgan fingerprint density at radius 3 is 2.62 bits per heavy atom. The average Bonchev–Trinajstić information content (AvgIpc) is 2.80. The van der Waals surface area contributed by atoms with Gasteiger partial charge in [0.05, 0.1) is 0 Å². The van der Waals surface area contributed by atoms with Gasteiger partial charge in [0.2, 0.25) is 0 Å². The lowest BCUT2D eigenvalue weighted by Crippen LogP contribution is -2.42. The Labute approximate surface area is 133 Å². The van der Waals surface area contributed by atoms with Crippen LogP contribution in [0.3, 0.4) is 0 Å². The summed E-state index contributed by atoms with van der Waals surface area (Å²) in [6.07, 6.45) is 2.55. The van der Waals surface area contributed by atoms with Crippen molar-refractivity contribution < 1.29 is 4.21 Å². The van der Waals surface area contributed by atoms with Gasteiger partial charge in [-0.2, -0.15) is 0 Å². The number of aliphatic imine (C=N–C) groups is 1. The van der Waals surface area contributed by atoms with E-state index in [1.807, 2.05) is 27.8 Å². The van der Waals surface area contributed by atoms with Crippen molar-refractivity contribution in [3.05, 3.63) is 0 Å². The summed E-state index contributed by atoms with van der Waals surface area (Å²) >= 11 is 0. The van der Waals surface area contributed by atoms with E-state index in [0.29, 0.717) is 5.75 Å². The van der Waals surface area contributed by atoms with E-state index in [4.69, 9.17) is 0 Å². The molecule has 0 aromatic heterocycles. The van der Waals surface area contributed by atoms with Gasteiger partial charge in [-0.25, -0.2) is 0 Å². The number of likely N-dealkylation sites (tertiary alicyclic amines) is 1. The largest absolute Gasteiger partial charge is 0.355 e. The third-order valence-electron chi connectivity index (χ3n) is 3.86. The fourth-order valence-electron chi connectivity index (χ4n) is 2.78. The van der Waals surface area contributed by atoms with Crippen LogP contribution in [0.4, 0.5) is 0 Å². The van der Waals surface area contributed by atoms with Gasteiger partial charge in [0.15, 0.2) is 5.96 Å². The van der Waals surface area contributed by atoms with E-state index < -0.39 is 10.8 Å². The molecule has 0 aromatic carbocycles. The zero-order valence-electron chi connectivity index (χ0n) is 14.6. The van der Waals surface area contributed by atoms with Crippen LogP contribution in [-0.2, 0) is 10.8 Å². The standard InChI is InChI=1S/C16H33N3OS/c1-13(2)11-14-7-9-19(12-14)15(17-6)18-8-10-21(20)16(3,4)5/h13-14H,7-12H2,1-6H3,(H,17,18). The lowest BCUT2D eigenvalue weighted by atomic mass is 9.97. The predicted molar refractivity (Wildman–Crippen MR) is 93.3 cm³/mol. The Balaban J connectivity index is 2.38. The molecular formula is C16H33N3OS. The Morgan fingerprint density at radius 2 is 2.10 bits per heavy atom. The topological polar surface area (TPSA) is 44.7 Å². The lowest BCUT2D eigenvalue weighted by molar-refractivity contribution is 0.404. The highest BCUT2D eigenvalue weighted by atomic mass is 32.2. The second kappa shape index (κ2) is 8.16. The van der Waals surface area contributed by atoms with Crippen LogP contribution in [0.25, 0.3) is 0 Å². The summed E-state index contributed by atoms with van der Waals surface area (Å²) in [4.78, 5) is 6.72. The summed E-state index contributed by atoms with van der Waals surface area (Å²) in [5.41, 5.74) is 0. The molecule has 0 saturated carbocycles. The molecule has 1 heterocycles. The number of hydrogen-bond acceptors (Lipinski definition) is 2. The molecule has 0 aliphatic carbocycles. The van der Waals surface area contributed by atoms with E-state index in [1.54, 1.807) is 0 Å². The van der Waals surface area contributed by atoms with E-state index in [-0.39, 0.29) is 4.75 Å². The molecule has 124 valence electrons. The van der Waals surface area contributed by atoms with Crippen LogP contribution in [0, 0.1) is 11.8 Å². The molecule has 1 aliphatic rings. The van der Waals surface area contributed by atoms with Crippen molar-refractivity contribution in [3.8, 4) is 0 Å². The van der Waals surface area contributed by atoms with Crippen LogP contribution in [0.5, 0.6) is 0 Å². The Bertz CT molecular complexity index is 374. The normalized spacial score (nSPS) is 22.0. The fraction of sp³-hybridized carbons (Fsp3) is 0.938. The summed E-state index contributed by atoms with van der Waals surface area (Å²) in [7, 11) is 1.02. The van der Waals surface area contributed by atoms with Crippen molar-refractivity contribution in [1.29, 1.82) is 0 Å². The van der Waals surface area contributed by atoms with Gasteiger partial charge < -0.3 is 10.2 Å². The third kappa shape index (κ3) is 6.37. The van der Waals surface area contributed by atoms with Crippen molar-refractivity contribution in [1.82, 2.24) is 10.2 Å². The number of hydrogen-bond donors (Lipinski definition) is 1. The van der Waals surface area contributed by atoms with Gasteiger partial charge in [0.25, 0.3) is 0 Å². The van der Waals surface area contributed by atoms with Crippen molar-refractivity contribution in [2.45, 2.75) is 52.2 Å². The molecule has 2 unspecified atom stereocenters. The quantitative estimate of drug-likeness (QED) is 0.626. The summed E-state index contributed by atoms with van der Waals surface area (Å²) in [5.74, 6) is 3.18. The molecule has 1 aliphatic heterocycles. The van der Waals surface area contributed by atoms with Gasteiger partial charge in [-0.05, 0) is 45.4 Å². The van der Waals surface area contributed by atoms with Crippen molar-refractivity contribution in [2.24, 2.45) is 16.8 Å². The summed E-state index contributed by atoms with van der Waals surface area (Å²) < 4.78 is 11.9. The van der Waals surface area contributed by atoms with Gasteiger partial charge in [-0.1, -0.05) is 13.8 Å². The summed E-state index contributed by atoms with van der Waals surface area (Å²) in [5, 5.41) is 3.37. The Hall–Kier alpha value is -0.580. The molecule has 0 amide bonds. The van der Waals surface area contributed by atoms with Gasteiger partial charge >= 0.3 is 0 Å². The number of nitrogens with one attached hydrogen (secondary N) is 1. The molecular weight excluding hydrogens is 282 g/mol. The SMILES string of the molecule is CN=C(NCCS(=O)C(C)(C)C)N1CCC(CC(C)C)C1. The lowest BCUT2D eigenvalue weighted by Gasteiger charge is -2.23. The van der Waals surface area contributed by atoms with Crippen LogP contribution in [0.2, 0.25) is 0 Å². The maximum absolute atomic E-state index is 12.0. The second-order valence-electron chi connectivity index (χ2n) is 7.37. The van der Waals surface area contributed by atoms with Crippen molar-refractivity contribution >= 4 is 16.8 Å². The Morgan fingerprint density at radius 1 is 1.43 bits per heavy atom. The summed E-state index contributed by atoms with van der Waals surface area (Å²) in [6, 6.07) is 0. The van der Waals surface area contributed by atoms with Crippen LogP contribution < -0.4 is 5.32 Å². The molecule has 0 aromatic rings. The van der Waals surface area contributed by atoms with Crippen molar-refractivity contribution in [2.75, 3.05) is 32.4 Å². The molecule has 4 nitrogen and oxygen atoms in total. The average molecular weight is 316 g/mol. The van der Waals surface area contributed by atoms with E-state index in [0.717, 1.165) is 37.4 Å². The molecule has 5 heteroatoms. The van der Waals surface area contributed by atoms with E-state index in [2.05, 4.69) is 29.1 Å². The van der Waals surface area contributed by atoms with Crippen LogP contribution >= 0.6 is 0 Å². The second-order valence-corrected chi connectivity index (χ2v) is 9.69. The molecule has 1 rings (SSSR count). The highest BCUT2D eigenvalue weighted by Crippen LogP contribution is 2.23. The first-order chi connectivity index (χ1) is 9.74. The monoisotopic (exact) mass is 315 g/mol. The number of guanidine groups is 1. The Kier molecular flexibility index (Phi) is 7.17. The molecule has 21 heavy (non-hydrogen) atoms. The van der Waals surface area contributed by atoms with E-state index in [9.17, 15) is 4.21 Å². The highest BCUT2D eigenvalue weighted by molar-refractivity contribution is 7.86. The van der Waals surface area contributed by atoms with Crippen molar-refractivity contribution in [3.63, 3.8) is 0 Å². The maximum Gasteiger partial charge on any atom is 0.193 e. The van der Waals surface area contributed by atoms with Crippen LogP contribution in [0.15, 0.2) is 4.99 Å². The van der Waals surface area contributed by atoms with Crippen LogP contribution in [0.1, 0.15) is 47.5 Å². The van der Waals surface area contributed by atoms with E-state index >= 15 is 0 Å². The summed E-state index contributed by atoms with van der Waals surface area (Å²) in [6.45, 7) is 13.6.